The fourth-order valence-electron chi connectivity index (χ4n) is 3.36. The van der Waals surface area contributed by atoms with E-state index in [2.05, 4.69) is 58.3 Å². The molecule has 1 aromatic carbocycles. The van der Waals surface area contributed by atoms with Gasteiger partial charge in [-0.05, 0) is 43.0 Å². The first kappa shape index (κ1) is 17.5. The van der Waals surface area contributed by atoms with Gasteiger partial charge in [-0.25, -0.2) is 4.79 Å². The summed E-state index contributed by atoms with van der Waals surface area (Å²) >= 11 is 0. The molecule has 6 nitrogen and oxygen atoms in total. The van der Waals surface area contributed by atoms with Crippen molar-refractivity contribution in [2.24, 2.45) is 0 Å². The monoisotopic (exact) mass is 342 g/mol. The van der Waals surface area contributed by atoms with Crippen molar-refractivity contribution in [2.75, 3.05) is 18.4 Å². The van der Waals surface area contributed by atoms with Crippen molar-refractivity contribution >= 4 is 5.69 Å². The maximum atomic E-state index is 11.4. The molecule has 2 heterocycles. The number of aromatic nitrogens is 2. The normalized spacial score (nSPS) is 18.4. The summed E-state index contributed by atoms with van der Waals surface area (Å²) in [6.45, 7) is 6.84. The lowest BCUT2D eigenvalue weighted by Crippen LogP contribution is -2.42. The van der Waals surface area contributed by atoms with Gasteiger partial charge in [0.15, 0.2) is 0 Å². The number of hydrogen-bond donors (Lipinski definition) is 3. The van der Waals surface area contributed by atoms with Gasteiger partial charge in [0.1, 0.15) is 0 Å². The Kier molecular flexibility index (Phi) is 5.38. The Hall–Kier alpha value is -2.34. The fourth-order valence-corrected chi connectivity index (χ4v) is 3.36. The molecule has 3 rings (SSSR count). The highest BCUT2D eigenvalue weighted by atomic mass is 16.2. The molecule has 0 saturated carbocycles. The highest BCUT2D eigenvalue weighted by Crippen LogP contribution is 2.20. The van der Waals surface area contributed by atoms with Gasteiger partial charge in [0.25, 0.3) is 5.56 Å². The molecule has 134 valence electrons. The third kappa shape index (κ3) is 4.82. The van der Waals surface area contributed by atoms with E-state index in [9.17, 15) is 9.59 Å². The number of benzene rings is 1. The van der Waals surface area contributed by atoms with Gasteiger partial charge in [0, 0.05) is 36.6 Å². The minimum atomic E-state index is -0.445. The van der Waals surface area contributed by atoms with Crippen molar-refractivity contribution in [1.29, 1.82) is 0 Å². The van der Waals surface area contributed by atoms with Gasteiger partial charge in [-0.15, -0.1) is 0 Å². The molecule has 0 amide bonds. The number of rotatable bonds is 5. The molecule has 1 aliphatic heterocycles. The Labute approximate surface area is 147 Å². The molecule has 0 spiro atoms. The first-order valence-electron chi connectivity index (χ1n) is 8.91. The van der Waals surface area contributed by atoms with Crippen LogP contribution in [-0.2, 0) is 6.54 Å². The Morgan fingerprint density at radius 1 is 1.20 bits per heavy atom. The van der Waals surface area contributed by atoms with Crippen LogP contribution >= 0.6 is 0 Å². The summed E-state index contributed by atoms with van der Waals surface area (Å²) in [6.07, 6.45) is 2.21. The minimum Gasteiger partial charge on any atom is -0.381 e. The van der Waals surface area contributed by atoms with Crippen molar-refractivity contribution in [3.8, 4) is 0 Å². The standard InChI is InChI=1S/C19H26N4O2/c1-13(2)14-5-7-15(8-6-14)20-16-4-3-9-23(11-16)12-17-10-18(24)22-19(25)21-17/h5-8,10,13,16,20H,3-4,9,11-12H2,1-2H3,(H2,21,22,24,25)/t16-/m0/s1. The summed E-state index contributed by atoms with van der Waals surface area (Å²) in [5, 5.41) is 3.60. The highest BCUT2D eigenvalue weighted by Gasteiger charge is 2.20. The summed E-state index contributed by atoms with van der Waals surface area (Å²) < 4.78 is 0. The van der Waals surface area contributed by atoms with Crippen molar-refractivity contribution in [1.82, 2.24) is 14.9 Å². The molecule has 1 fully saturated rings. The lowest BCUT2D eigenvalue weighted by molar-refractivity contribution is 0.206. The molecule has 1 atom stereocenters. The van der Waals surface area contributed by atoms with E-state index >= 15 is 0 Å². The lowest BCUT2D eigenvalue weighted by Gasteiger charge is -2.33. The third-order valence-electron chi connectivity index (χ3n) is 4.66. The van der Waals surface area contributed by atoms with Gasteiger partial charge >= 0.3 is 5.69 Å². The predicted octanol–water partition coefficient (Wildman–Crippen LogP) is 2.26. The summed E-state index contributed by atoms with van der Waals surface area (Å²) in [6, 6.07) is 10.5. The SMILES string of the molecule is CC(C)c1ccc(N[C@H]2CCCN(Cc3cc(=O)[nH]c(=O)[nH]3)C2)cc1. The predicted molar refractivity (Wildman–Crippen MR) is 100 cm³/mol. The van der Waals surface area contributed by atoms with E-state index in [-0.39, 0.29) is 5.56 Å². The molecule has 2 aromatic rings. The summed E-state index contributed by atoms with van der Waals surface area (Å²) in [5.74, 6) is 0.537. The van der Waals surface area contributed by atoms with Crippen LogP contribution in [0.3, 0.4) is 0 Å². The van der Waals surface area contributed by atoms with Crippen LogP contribution in [-0.4, -0.2) is 34.0 Å². The Bertz CT molecular complexity index is 779. The molecule has 1 saturated heterocycles. The van der Waals surface area contributed by atoms with Gasteiger partial charge in [0.05, 0.1) is 0 Å². The Morgan fingerprint density at radius 2 is 1.96 bits per heavy atom. The van der Waals surface area contributed by atoms with Crippen LogP contribution in [0.5, 0.6) is 0 Å². The van der Waals surface area contributed by atoms with E-state index in [0.29, 0.717) is 24.2 Å². The smallest absolute Gasteiger partial charge is 0.325 e. The van der Waals surface area contributed by atoms with Crippen LogP contribution in [0.4, 0.5) is 5.69 Å². The van der Waals surface area contributed by atoms with Crippen molar-refractivity contribution < 1.29 is 0 Å². The average Bonchev–Trinajstić information content (AvgIpc) is 2.54. The first-order chi connectivity index (χ1) is 12.0. The zero-order valence-corrected chi connectivity index (χ0v) is 14.8. The molecule has 0 aliphatic carbocycles. The van der Waals surface area contributed by atoms with Gasteiger partial charge < -0.3 is 10.3 Å². The molecule has 3 N–H and O–H groups in total. The third-order valence-corrected chi connectivity index (χ3v) is 4.66. The first-order valence-corrected chi connectivity index (χ1v) is 8.91. The minimum absolute atomic E-state index is 0.351. The van der Waals surface area contributed by atoms with Crippen molar-refractivity contribution in [2.45, 2.75) is 45.2 Å². The Morgan fingerprint density at radius 3 is 2.64 bits per heavy atom. The zero-order chi connectivity index (χ0) is 17.8. The van der Waals surface area contributed by atoms with Crippen molar-refractivity contribution in [3.63, 3.8) is 0 Å². The molecule has 0 unspecified atom stereocenters. The molecule has 1 aliphatic rings. The maximum Gasteiger partial charge on any atom is 0.325 e. The molecular weight excluding hydrogens is 316 g/mol. The summed E-state index contributed by atoms with van der Waals surface area (Å²) in [5.41, 5.74) is 2.35. The number of H-pyrrole nitrogens is 2. The van der Waals surface area contributed by atoms with E-state index in [1.54, 1.807) is 0 Å². The van der Waals surface area contributed by atoms with Crippen LogP contribution in [0.25, 0.3) is 0 Å². The maximum absolute atomic E-state index is 11.4. The second kappa shape index (κ2) is 7.70. The van der Waals surface area contributed by atoms with Crippen LogP contribution in [0, 0.1) is 0 Å². The van der Waals surface area contributed by atoms with Crippen LogP contribution in [0.15, 0.2) is 39.9 Å². The van der Waals surface area contributed by atoms with Crippen LogP contribution in [0.1, 0.15) is 43.9 Å². The topological polar surface area (TPSA) is 81.0 Å². The lowest BCUT2D eigenvalue weighted by atomic mass is 10.0. The van der Waals surface area contributed by atoms with E-state index in [4.69, 9.17) is 0 Å². The van der Waals surface area contributed by atoms with Gasteiger partial charge in [-0.1, -0.05) is 26.0 Å². The number of nitrogens with zero attached hydrogens (tertiary/aromatic N) is 1. The van der Waals surface area contributed by atoms with Crippen LogP contribution in [0.2, 0.25) is 0 Å². The van der Waals surface area contributed by atoms with Gasteiger partial charge in [0.2, 0.25) is 0 Å². The van der Waals surface area contributed by atoms with Crippen molar-refractivity contribution in [3.05, 3.63) is 62.4 Å². The van der Waals surface area contributed by atoms with Crippen LogP contribution < -0.4 is 16.6 Å². The van der Waals surface area contributed by atoms with E-state index in [1.165, 1.54) is 11.6 Å². The average molecular weight is 342 g/mol. The molecule has 0 radical (unpaired) electrons. The number of hydrogen-bond acceptors (Lipinski definition) is 4. The molecule has 0 bridgehead atoms. The van der Waals surface area contributed by atoms with E-state index in [0.717, 1.165) is 31.6 Å². The molecule has 6 heteroatoms. The zero-order valence-electron chi connectivity index (χ0n) is 14.8. The van der Waals surface area contributed by atoms with Gasteiger partial charge in [-0.3, -0.25) is 14.7 Å². The second-order valence-electron chi connectivity index (χ2n) is 7.11. The van der Waals surface area contributed by atoms with Gasteiger partial charge in [-0.2, -0.15) is 0 Å². The number of aromatic amines is 2. The quantitative estimate of drug-likeness (QED) is 0.778. The summed E-state index contributed by atoms with van der Waals surface area (Å²) in [7, 11) is 0. The summed E-state index contributed by atoms with van der Waals surface area (Å²) in [4.78, 5) is 30.0. The van der Waals surface area contributed by atoms with E-state index < -0.39 is 5.69 Å². The highest BCUT2D eigenvalue weighted by molar-refractivity contribution is 5.46. The van der Waals surface area contributed by atoms with E-state index in [1.807, 2.05) is 0 Å². The Balaban J connectivity index is 1.60. The number of nitrogens with one attached hydrogen (secondary N) is 3. The largest absolute Gasteiger partial charge is 0.381 e. The number of anilines is 1. The molecule has 1 aromatic heterocycles. The number of likely N-dealkylation sites (tertiary alicyclic amines) is 1. The second-order valence-corrected chi connectivity index (χ2v) is 7.11. The molecular formula is C19H26N4O2. The number of piperidine rings is 1. The molecule has 25 heavy (non-hydrogen) atoms. The fraction of sp³-hybridized carbons (Fsp3) is 0.474.